The minimum absolute atomic E-state index is 0.0501. The molecular formula is C23H20FN3O3. The Hall–Kier alpha value is -3.92. The highest BCUT2D eigenvalue weighted by Gasteiger charge is 2.20. The van der Waals surface area contributed by atoms with Crippen LogP contribution < -0.4 is 10.2 Å². The van der Waals surface area contributed by atoms with Gasteiger partial charge in [0.2, 0.25) is 11.8 Å². The van der Waals surface area contributed by atoms with Crippen molar-refractivity contribution in [3.63, 3.8) is 0 Å². The number of aromatic nitrogens is 1. The van der Waals surface area contributed by atoms with Gasteiger partial charge in [-0.1, -0.05) is 24.1 Å². The van der Waals surface area contributed by atoms with Crippen LogP contribution in [0.5, 0.6) is 0 Å². The summed E-state index contributed by atoms with van der Waals surface area (Å²) in [4.78, 5) is 30.3. The third-order valence-electron chi connectivity index (χ3n) is 4.45. The molecule has 2 aromatic carbocycles. The van der Waals surface area contributed by atoms with Crippen molar-refractivity contribution in [3.05, 3.63) is 72.0 Å². The van der Waals surface area contributed by atoms with Crippen molar-refractivity contribution in [2.24, 2.45) is 0 Å². The summed E-state index contributed by atoms with van der Waals surface area (Å²) in [5, 5.41) is 2.51. The molecule has 0 aliphatic heterocycles. The second-order valence-corrected chi connectivity index (χ2v) is 6.45. The summed E-state index contributed by atoms with van der Waals surface area (Å²) in [6.45, 7) is -0.143. The molecule has 2 amide bonds. The Bertz CT molecular complexity index is 1100. The van der Waals surface area contributed by atoms with Gasteiger partial charge in [0.25, 0.3) is 0 Å². The highest BCUT2D eigenvalue weighted by atomic mass is 19.1. The van der Waals surface area contributed by atoms with Crippen LogP contribution in [0.3, 0.4) is 0 Å². The number of amides is 2. The molecule has 1 heterocycles. The van der Waals surface area contributed by atoms with Crippen LogP contribution in [0.15, 0.2) is 59.1 Å². The number of carbonyl (C=O) groups is 2. The van der Waals surface area contributed by atoms with E-state index in [0.717, 1.165) is 0 Å². The lowest BCUT2D eigenvalue weighted by Crippen LogP contribution is -2.40. The molecule has 0 spiro atoms. The van der Waals surface area contributed by atoms with Gasteiger partial charge in [0.05, 0.1) is 11.8 Å². The monoisotopic (exact) mass is 405 g/mol. The maximum absolute atomic E-state index is 13.9. The molecule has 0 unspecified atom stereocenters. The number of terminal acetylenes is 1. The lowest BCUT2D eigenvalue weighted by Gasteiger charge is -2.22. The second-order valence-electron chi connectivity index (χ2n) is 6.45. The van der Waals surface area contributed by atoms with E-state index in [-0.39, 0.29) is 31.2 Å². The van der Waals surface area contributed by atoms with Gasteiger partial charge in [-0.25, -0.2) is 9.37 Å². The molecule has 1 aromatic heterocycles. The molecule has 30 heavy (non-hydrogen) atoms. The topological polar surface area (TPSA) is 75.4 Å². The molecule has 1 N–H and O–H groups in total. The number of carbonyl (C=O) groups excluding carboxylic acids is 2. The fourth-order valence-electron chi connectivity index (χ4n) is 2.87. The molecule has 3 rings (SSSR count). The highest BCUT2D eigenvalue weighted by Crippen LogP contribution is 2.24. The minimum atomic E-state index is -0.415. The normalized spacial score (nSPS) is 10.3. The fraction of sp³-hybridized carbons (Fsp3) is 0.174. The molecule has 0 aliphatic carbocycles. The Kier molecular flexibility index (Phi) is 6.60. The largest absolute Gasteiger partial charge is 0.441 e. The fourth-order valence-corrected chi connectivity index (χ4v) is 2.87. The number of nitrogens with one attached hydrogen (secondary N) is 1. The number of nitrogens with zero attached hydrogens (tertiary/aromatic N) is 2. The Morgan fingerprint density at radius 2 is 2.03 bits per heavy atom. The third-order valence-corrected chi connectivity index (χ3v) is 4.45. The Balaban J connectivity index is 1.74. The lowest BCUT2D eigenvalue weighted by atomic mass is 10.1. The number of anilines is 1. The van der Waals surface area contributed by atoms with Gasteiger partial charge in [-0.05, 0) is 30.3 Å². The number of likely N-dealkylation sites (N-methyl/N-ethyl adjacent to an activating group) is 1. The van der Waals surface area contributed by atoms with Crippen LogP contribution in [0.25, 0.3) is 11.3 Å². The van der Waals surface area contributed by atoms with Crippen molar-refractivity contribution in [1.29, 1.82) is 0 Å². The minimum Gasteiger partial charge on any atom is -0.441 e. The van der Waals surface area contributed by atoms with E-state index in [2.05, 4.69) is 16.2 Å². The molecule has 0 saturated heterocycles. The van der Waals surface area contributed by atoms with Crippen LogP contribution in [0.4, 0.5) is 10.1 Å². The Labute approximate surface area is 173 Å². The molecule has 7 heteroatoms. The van der Waals surface area contributed by atoms with Crippen LogP contribution in [-0.2, 0) is 16.0 Å². The molecule has 0 bridgehead atoms. The van der Waals surface area contributed by atoms with E-state index in [9.17, 15) is 14.0 Å². The van der Waals surface area contributed by atoms with Crippen molar-refractivity contribution in [1.82, 2.24) is 10.3 Å². The molecule has 0 atom stereocenters. The number of rotatable bonds is 7. The summed E-state index contributed by atoms with van der Waals surface area (Å²) < 4.78 is 19.5. The first kappa shape index (κ1) is 20.8. The zero-order valence-corrected chi connectivity index (χ0v) is 16.4. The standard InChI is InChI=1S/C23H20FN3O3/c1-3-16-7-6-8-17(13-16)27(15-21(28)25-2)23(29)12-11-22-26-14-20(30-22)18-9-4-5-10-19(18)24/h1,4-10,13-14H,11-12,15H2,2H3,(H,25,28). The number of hydrogen-bond donors (Lipinski definition) is 1. The van der Waals surface area contributed by atoms with Crippen LogP contribution in [0.1, 0.15) is 17.9 Å². The maximum atomic E-state index is 13.9. The van der Waals surface area contributed by atoms with E-state index in [0.29, 0.717) is 28.5 Å². The van der Waals surface area contributed by atoms with Gasteiger partial charge in [-0.3, -0.25) is 9.59 Å². The summed E-state index contributed by atoms with van der Waals surface area (Å²) >= 11 is 0. The summed E-state index contributed by atoms with van der Waals surface area (Å²) in [6.07, 6.45) is 7.12. The second kappa shape index (κ2) is 9.52. The predicted molar refractivity (Wildman–Crippen MR) is 111 cm³/mol. The molecule has 0 fully saturated rings. The first-order valence-electron chi connectivity index (χ1n) is 9.29. The first-order chi connectivity index (χ1) is 14.5. The van der Waals surface area contributed by atoms with Crippen LogP contribution in [-0.4, -0.2) is 30.4 Å². The molecule has 0 aliphatic rings. The highest BCUT2D eigenvalue weighted by molar-refractivity contribution is 5.98. The number of aryl methyl sites for hydroxylation is 1. The summed E-state index contributed by atoms with van der Waals surface area (Å²) in [5.41, 5.74) is 1.43. The van der Waals surface area contributed by atoms with Gasteiger partial charge < -0.3 is 14.6 Å². The molecule has 0 radical (unpaired) electrons. The number of benzene rings is 2. The van der Waals surface area contributed by atoms with E-state index in [1.54, 1.807) is 42.5 Å². The van der Waals surface area contributed by atoms with Gasteiger partial charge in [0, 0.05) is 31.1 Å². The van der Waals surface area contributed by atoms with Crippen LogP contribution >= 0.6 is 0 Å². The van der Waals surface area contributed by atoms with E-state index >= 15 is 0 Å². The van der Waals surface area contributed by atoms with Gasteiger partial charge in [-0.2, -0.15) is 0 Å². The predicted octanol–water partition coefficient (Wildman–Crippen LogP) is 3.17. The Morgan fingerprint density at radius 3 is 2.77 bits per heavy atom. The first-order valence-corrected chi connectivity index (χ1v) is 9.29. The van der Waals surface area contributed by atoms with E-state index in [1.807, 2.05) is 0 Å². The van der Waals surface area contributed by atoms with Crippen LogP contribution in [0, 0.1) is 18.2 Å². The van der Waals surface area contributed by atoms with Gasteiger partial charge in [0.1, 0.15) is 12.4 Å². The lowest BCUT2D eigenvalue weighted by molar-refractivity contribution is -0.123. The molecule has 3 aromatic rings. The number of halogens is 1. The quantitative estimate of drug-likeness (QED) is 0.613. The smallest absolute Gasteiger partial charge is 0.239 e. The molecule has 6 nitrogen and oxygen atoms in total. The number of hydrogen-bond acceptors (Lipinski definition) is 4. The summed E-state index contributed by atoms with van der Waals surface area (Å²) in [5.74, 6) is 2.09. The zero-order chi connectivity index (χ0) is 21.5. The molecular weight excluding hydrogens is 385 g/mol. The van der Waals surface area contributed by atoms with E-state index in [1.165, 1.54) is 24.2 Å². The average molecular weight is 405 g/mol. The van der Waals surface area contributed by atoms with E-state index in [4.69, 9.17) is 10.8 Å². The third kappa shape index (κ3) is 4.92. The number of oxazole rings is 1. The average Bonchev–Trinajstić information content (AvgIpc) is 3.24. The van der Waals surface area contributed by atoms with Gasteiger partial charge in [0.15, 0.2) is 11.7 Å². The van der Waals surface area contributed by atoms with Crippen molar-refractivity contribution in [2.45, 2.75) is 12.8 Å². The van der Waals surface area contributed by atoms with Crippen molar-refractivity contribution in [3.8, 4) is 23.7 Å². The maximum Gasteiger partial charge on any atom is 0.239 e. The molecule has 0 saturated carbocycles. The summed E-state index contributed by atoms with van der Waals surface area (Å²) in [7, 11) is 1.50. The van der Waals surface area contributed by atoms with Crippen molar-refractivity contribution >= 4 is 17.5 Å². The van der Waals surface area contributed by atoms with Gasteiger partial charge >= 0.3 is 0 Å². The SMILES string of the molecule is C#Cc1cccc(N(CC(=O)NC)C(=O)CCc2ncc(-c3ccccc3F)o2)c1. The summed E-state index contributed by atoms with van der Waals surface area (Å²) in [6, 6.07) is 13.1. The molecule has 152 valence electrons. The Morgan fingerprint density at radius 1 is 1.23 bits per heavy atom. The van der Waals surface area contributed by atoms with Crippen LogP contribution in [0.2, 0.25) is 0 Å². The van der Waals surface area contributed by atoms with E-state index < -0.39 is 5.82 Å². The van der Waals surface area contributed by atoms with Crippen molar-refractivity contribution in [2.75, 3.05) is 18.5 Å². The van der Waals surface area contributed by atoms with Crippen molar-refractivity contribution < 1.29 is 18.4 Å². The zero-order valence-electron chi connectivity index (χ0n) is 16.4. The van der Waals surface area contributed by atoms with Gasteiger partial charge in [-0.15, -0.1) is 6.42 Å².